The monoisotopic (exact) mass is 490 g/mol. The van der Waals surface area contributed by atoms with Gasteiger partial charge in [-0.1, -0.05) is 53.5 Å². The first-order valence-corrected chi connectivity index (χ1v) is 11.3. The van der Waals surface area contributed by atoms with Crippen molar-refractivity contribution in [1.29, 1.82) is 0 Å². The lowest BCUT2D eigenvalue weighted by molar-refractivity contribution is -0.113. The van der Waals surface area contributed by atoms with Gasteiger partial charge in [0, 0.05) is 33.1 Å². The molecule has 4 aromatic rings. The summed E-state index contributed by atoms with van der Waals surface area (Å²) in [5.41, 5.74) is 4.33. The van der Waals surface area contributed by atoms with Crippen molar-refractivity contribution in [3.63, 3.8) is 0 Å². The number of fused-ring (bicyclic) bond motifs is 1. The smallest absolute Gasteiger partial charge is 0.255 e. The fourth-order valence-electron chi connectivity index (χ4n) is 4.03. The van der Waals surface area contributed by atoms with Crippen molar-refractivity contribution >= 4 is 40.7 Å². The largest absolute Gasteiger partial charge is 0.328 e. The minimum atomic E-state index is -0.622. The molecule has 0 bridgehead atoms. The standard InChI is InChI=1S/C25H20Cl2N6O/c1-14-6-3-4-8-18(14)23-31-25-29-15(2)21(24(34)30-17-7-5-11-28-13-17)22(33(25)32-23)19-10-9-16(26)12-20(19)27/h3-13,22H,1-2H3,(H,30,34)(H,29,31,32). The summed E-state index contributed by atoms with van der Waals surface area (Å²) in [6.45, 7) is 3.84. The summed E-state index contributed by atoms with van der Waals surface area (Å²) in [4.78, 5) is 22.3. The molecule has 0 radical (unpaired) electrons. The van der Waals surface area contributed by atoms with E-state index in [4.69, 9.17) is 33.3 Å². The number of pyridine rings is 1. The van der Waals surface area contributed by atoms with Crippen LogP contribution >= 0.6 is 23.2 Å². The van der Waals surface area contributed by atoms with Gasteiger partial charge in [0.05, 0.1) is 17.5 Å². The highest BCUT2D eigenvalue weighted by atomic mass is 35.5. The second-order valence-corrected chi connectivity index (χ2v) is 8.79. The Morgan fingerprint density at radius 1 is 1.09 bits per heavy atom. The summed E-state index contributed by atoms with van der Waals surface area (Å²) in [6.07, 6.45) is 3.24. The van der Waals surface area contributed by atoms with Crippen LogP contribution in [0.4, 0.5) is 11.6 Å². The van der Waals surface area contributed by atoms with E-state index in [1.165, 1.54) is 0 Å². The number of nitrogens with one attached hydrogen (secondary N) is 2. The molecule has 2 aromatic carbocycles. The Morgan fingerprint density at radius 3 is 2.65 bits per heavy atom. The van der Waals surface area contributed by atoms with Crippen molar-refractivity contribution in [1.82, 2.24) is 19.7 Å². The summed E-state index contributed by atoms with van der Waals surface area (Å²) in [5, 5.41) is 11.9. The first-order valence-electron chi connectivity index (χ1n) is 10.6. The number of halogens is 2. The number of hydrogen-bond donors (Lipinski definition) is 2. The molecule has 0 saturated carbocycles. The molecule has 1 aliphatic rings. The summed E-state index contributed by atoms with van der Waals surface area (Å²) >= 11 is 12.8. The van der Waals surface area contributed by atoms with E-state index < -0.39 is 6.04 Å². The Labute approximate surface area is 206 Å². The van der Waals surface area contributed by atoms with Gasteiger partial charge in [-0.2, -0.15) is 4.98 Å². The SMILES string of the molecule is CC1=C(C(=O)Nc2cccnc2)C(c2ccc(Cl)cc2Cl)n2nc(-c3ccccc3C)nc2N1. The number of amides is 1. The van der Waals surface area contributed by atoms with E-state index in [1.807, 2.05) is 44.2 Å². The second kappa shape index (κ2) is 8.93. The average Bonchev–Trinajstić information content (AvgIpc) is 3.22. The van der Waals surface area contributed by atoms with Crippen molar-refractivity contribution in [2.45, 2.75) is 19.9 Å². The average molecular weight is 491 g/mol. The Hall–Kier alpha value is -3.68. The molecule has 170 valence electrons. The van der Waals surface area contributed by atoms with Gasteiger partial charge in [0.25, 0.3) is 5.91 Å². The summed E-state index contributed by atoms with van der Waals surface area (Å²) < 4.78 is 1.70. The number of allylic oxidation sites excluding steroid dienone is 1. The van der Waals surface area contributed by atoms with Crippen molar-refractivity contribution in [2.75, 3.05) is 10.6 Å². The lowest BCUT2D eigenvalue weighted by Crippen LogP contribution is -2.31. The van der Waals surface area contributed by atoms with E-state index in [1.54, 1.807) is 41.3 Å². The van der Waals surface area contributed by atoms with E-state index in [0.717, 1.165) is 11.1 Å². The van der Waals surface area contributed by atoms with Gasteiger partial charge in [-0.15, -0.1) is 5.10 Å². The van der Waals surface area contributed by atoms with Gasteiger partial charge in [0.2, 0.25) is 5.95 Å². The van der Waals surface area contributed by atoms with E-state index >= 15 is 0 Å². The molecule has 5 rings (SSSR count). The van der Waals surface area contributed by atoms with Gasteiger partial charge in [-0.25, -0.2) is 4.68 Å². The van der Waals surface area contributed by atoms with Gasteiger partial charge in [-0.3, -0.25) is 9.78 Å². The number of nitrogens with zero attached hydrogens (tertiary/aromatic N) is 4. The van der Waals surface area contributed by atoms with Gasteiger partial charge in [-0.05, 0) is 43.7 Å². The van der Waals surface area contributed by atoms with Crippen LogP contribution in [0.1, 0.15) is 24.1 Å². The van der Waals surface area contributed by atoms with Crippen LogP contribution in [0.3, 0.4) is 0 Å². The number of aromatic nitrogens is 4. The number of carbonyl (C=O) groups excluding carboxylic acids is 1. The molecule has 0 aliphatic carbocycles. The zero-order chi connectivity index (χ0) is 23.8. The topological polar surface area (TPSA) is 84.7 Å². The Balaban J connectivity index is 1.65. The van der Waals surface area contributed by atoms with E-state index in [9.17, 15) is 4.79 Å². The van der Waals surface area contributed by atoms with Crippen LogP contribution in [0.15, 0.2) is 78.3 Å². The van der Waals surface area contributed by atoms with Gasteiger partial charge < -0.3 is 10.6 Å². The van der Waals surface area contributed by atoms with E-state index in [0.29, 0.717) is 44.3 Å². The lowest BCUT2D eigenvalue weighted by atomic mass is 9.95. The highest BCUT2D eigenvalue weighted by Crippen LogP contribution is 2.40. The maximum Gasteiger partial charge on any atom is 0.255 e. The molecule has 3 heterocycles. The highest BCUT2D eigenvalue weighted by Gasteiger charge is 2.35. The van der Waals surface area contributed by atoms with Crippen LogP contribution < -0.4 is 10.6 Å². The molecule has 2 N–H and O–H groups in total. The van der Waals surface area contributed by atoms with Crippen molar-refractivity contribution < 1.29 is 4.79 Å². The molecule has 1 amide bonds. The second-order valence-electron chi connectivity index (χ2n) is 7.95. The number of carbonyl (C=O) groups is 1. The number of rotatable bonds is 4. The third-order valence-electron chi connectivity index (χ3n) is 5.66. The molecule has 1 aliphatic heterocycles. The molecule has 7 nitrogen and oxygen atoms in total. The maximum atomic E-state index is 13.5. The first kappa shape index (κ1) is 22.1. The number of anilines is 2. The summed E-state index contributed by atoms with van der Waals surface area (Å²) in [5.74, 6) is 0.773. The fourth-order valence-corrected chi connectivity index (χ4v) is 4.54. The van der Waals surface area contributed by atoms with Gasteiger partial charge in [0.1, 0.15) is 6.04 Å². The Kier molecular flexibility index (Phi) is 5.81. The molecular formula is C25H20Cl2N6O. The van der Waals surface area contributed by atoms with Crippen LogP contribution in [0.25, 0.3) is 11.4 Å². The van der Waals surface area contributed by atoms with Gasteiger partial charge >= 0.3 is 0 Å². The Bertz CT molecular complexity index is 1430. The minimum absolute atomic E-state index is 0.299. The summed E-state index contributed by atoms with van der Waals surface area (Å²) in [6, 6.07) is 16.0. The van der Waals surface area contributed by atoms with Crippen LogP contribution in [0.2, 0.25) is 10.0 Å². The zero-order valence-electron chi connectivity index (χ0n) is 18.4. The molecule has 0 fully saturated rings. The van der Waals surface area contributed by atoms with Crippen molar-refractivity contribution in [3.05, 3.63) is 99.4 Å². The zero-order valence-corrected chi connectivity index (χ0v) is 19.9. The molecular weight excluding hydrogens is 471 g/mol. The van der Waals surface area contributed by atoms with E-state index in [2.05, 4.69) is 15.6 Å². The van der Waals surface area contributed by atoms with Crippen LogP contribution in [-0.2, 0) is 4.79 Å². The number of aryl methyl sites for hydroxylation is 1. The number of benzene rings is 2. The normalized spacial score (nSPS) is 15.0. The van der Waals surface area contributed by atoms with Crippen molar-refractivity contribution in [3.8, 4) is 11.4 Å². The first-order chi connectivity index (χ1) is 16.4. The van der Waals surface area contributed by atoms with Crippen LogP contribution in [-0.4, -0.2) is 25.7 Å². The maximum absolute atomic E-state index is 13.5. The lowest BCUT2D eigenvalue weighted by Gasteiger charge is -2.29. The molecule has 0 saturated heterocycles. The quantitative estimate of drug-likeness (QED) is 0.372. The highest BCUT2D eigenvalue weighted by molar-refractivity contribution is 6.35. The molecule has 9 heteroatoms. The fraction of sp³-hybridized carbons (Fsp3) is 0.120. The Morgan fingerprint density at radius 2 is 1.91 bits per heavy atom. The molecule has 0 spiro atoms. The third-order valence-corrected chi connectivity index (χ3v) is 6.22. The van der Waals surface area contributed by atoms with Crippen LogP contribution in [0, 0.1) is 6.92 Å². The molecule has 1 unspecified atom stereocenters. The predicted octanol–water partition coefficient (Wildman–Crippen LogP) is 5.88. The third kappa shape index (κ3) is 4.04. The molecule has 2 aromatic heterocycles. The minimum Gasteiger partial charge on any atom is -0.328 e. The molecule has 1 atom stereocenters. The van der Waals surface area contributed by atoms with Crippen LogP contribution in [0.5, 0.6) is 0 Å². The predicted molar refractivity (Wildman–Crippen MR) is 134 cm³/mol. The molecule has 34 heavy (non-hydrogen) atoms. The van der Waals surface area contributed by atoms with Gasteiger partial charge in [0.15, 0.2) is 5.82 Å². The van der Waals surface area contributed by atoms with Crippen molar-refractivity contribution in [2.24, 2.45) is 0 Å². The summed E-state index contributed by atoms with van der Waals surface area (Å²) in [7, 11) is 0. The number of hydrogen-bond acceptors (Lipinski definition) is 5. The van der Waals surface area contributed by atoms with E-state index in [-0.39, 0.29) is 5.91 Å².